The van der Waals surface area contributed by atoms with Crippen LogP contribution in [0, 0.1) is 0 Å². The Morgan fingerprint density at radius 2 is 1.61 bits per heavy atom. The Morgan fingerprint density at radius 1 is 1.00 bits per heavy atom. The van der Waals surface area contributed by atoms with Crippen molar-refractivity contribution in [3.63, 3.8) is 0 Å². The largest absolute Gasteiger partial charge is 0.496 e. The lowest BCUT2D eigenvalue weighted by molar-refractivity contribution is -0.134. The van der Waals surface area contributed by atoms with Crippen molar-refractivity contribution in [3.05, 3.63) is 47.5 Å². The summed E-state index contributed by atoms with van der Waals surface area (Å²) in [5.41, 5.74) is 1.36. The molecular formula is C21H25NO8S. The van der Waals surface area contributed by atoms with Crippen LogP contribution in [0.25, 0.3) is 6.08 Å². The van der Waals surface area contributed by atoms with Crippen molar-refractivity contribution >= 4 is 28.4 Å². The van der Waals surface area contributed by atoms with Crippen molar-refractivity contribution < 1.29 is 37.3 Å². The van der Waals surface area contributed by atoms with E-state index in [4.69, 9.17) is 24.1 Å². The van der Waals surface area contributed by atoms with E-state index in [0.29, 0.717) is 39.8 Å². The number of hydrogen-bond acceptors (Lipinski definition) is 8. The van der Waals surface area contributed by atoms with Crippen LogP contribution in [0.5, 0.6) is 23.0 Å². The van der Waals surface area contributed by atoms with Gasteiger partial charge >= 0.3 is 5.97 Å². The second-order valence-corrected chi connectivity index (χ2v) is 7.37. The molecule has 10 heteroatoms. The van der Waals surface area contributed by atoms with E-state index < -0.39 is 21.9 Å². The number of aliphatic carboxylic acids is 1. The van der Waals surface area contributed by atoms with Crippen molar-refractivity contribution in [2.24, 2.45) is 0 Å². The molecule has 0 aliphatic carbocycles. The zero-order valence-electron chi connectivity index (χ0n) is 17.6. The molecule has 9 nitrogen and oxygen atoms in total. The van der Waals surface area contributed by atoms with Crippen molar-refractivity contribution in [2.45, 2.75) is 5.25 Å². The first-order chi connectivity index (χ1) is 14.8. The van der Waals surface area contributed by atoms with E-state index in [1.165, 1.54) is 34.5 Å². The minimum absolute atomic E-state index is 0.343. The van der Waals surface area contributed by atoms with E-state index in [2.05, 4.69) is 5.32 Å². The number of carbonyl (C=O) groups is 1. The normalized spacial score (nSPS) is 11.9. The molecule has 0 bridgehead atoms. The van der Waals surface area contributed by atoms with Gasteiger partial charge < -0.3 is 29.4 Å². The molecule has 2 N–H and O–H groups in total. The maximum Gasteiger partial charge on any atom is 0.322 e. The van der Waals surface area contributed by atoms with Crippen molar-refractivity contribution in [1.29, 1.82) is 0 Å². The fraction of sp³-hybridized carbons (Fsp3) is 0.286. The maximum absolute atomic E-state index is 12.0. The molecule has 0 radical (unpaired) electrons. The number of thiol groups is 1. The third-order valence-corrected chi connectivity index (χ3v) is 5.35. The van der Waals surface area contributed by atoms with E-state index in [-0.39, 0.29) is 6.54 Å². The number of anilines is 1. The van der Waals surface area contributed by atoms with Gasteiger partial charge in [-0.3, -0.25) is 4.79 Å². The van der Waals surface area contributed by atoms with E-state index in [1.807, 2.05) is 0 Å². The zero-order valence-corrected chi connectivity index (χ0v) is 18.5. The van der Waals surface area contributed by atoms with E-state index in [9.17, 15) is 13.2 Å². The molecule has 0 aliphatic rings. The Kier molecular flexibility index (Phi) is 8.56. The second-order valence-electron chi connectivity index (χ2n) is 6.24. The molecule has 2 rings (SSSR count). The monoisotopic (exact) mass is 451 g/mol. The van der Waals surface area contributed by atoms with Gasteiger partial charge in [-0.25, -0.2) is 8.42 Å². The number of methoxy groups -OCH3 is 4. The lowest BCUT2D eigenvalue weighted by Gasteiger charge is -2.15. The predicted octanol–water partition coefficient (Wildman–Crippen LogP) is 2.58. The molecule has 31 heavy (non-hydrogen) atoms. The predicted molar refractivity (Wildman–Crippen MR) is 117 cm³/mol. The SMILES string of the molecule is COc1cc(OC)c(C=CC(c2ccc(OC)c(NCC(=O)O)c2)[SH](=O)=O)c(OC)c1. The van der Waals surface area contributed by atoms with Crippen molar-refractivity contribution in [3.8, 4) is 23.0 Å². The van der Waals surface area contributed by atoms with Crippen molar-refractivity contribution in [1.82, 2.24) is 0 Å². The fourth-order valence-electron chi connectivity index (χ4n) is 2.91. The van der Waals surface area contributed by atoms with Crippen LogP contribution in [0.15, 0.2) is 36.4 Å². The van der Waals surface area contributed by atoms with Gasteiger partial charge in [-0.1, -0.05) is 12.1 Å². The summed E-state index contributed by atoms with van der Waals surface area (Å²) in [6, 6.07) is 8.05. The number of carboxylic acids is 1. The average molecular weight is 451 g/mol. The third kappa shape index (κ3) is 6.05. The van der Waals surface area contributed by atoms with Crippen molar-refractivity contribution in [2.75, 3.05) is 40.3 Å². The smallest absolute Gasteiger partial charge is 0.322 e. The summed E-state index contributed by atoms with van der Waals surface area (Å²) in [6.45, 7) is -0.343. The number of nitrogens with one attached hydrogen (secondary N) is 1. The summed E-state index contributed by atoms with van der Waals surface area (Å²) in [4.78, 5) is 10.9. The molecule has 0 heterocycles. The van der Waals surface area contributed by atoms with E-state index in [1.54, 1.807) is 36.4 Å². The Morgan fingerprint density at radius 3 is 2.10 bits per heavy atom. The molecule has 1 atom stereocenters. The lowest BCUT2D eigenvalue weighted by atomic mass is 10.1. The Bertz CT molecular complexity index is 999. The first-order valence-corrected chi connectivity index (χ1v) is 10.3. The molecule has 0 aliphatic heterocycles. The van der Waals surface area contributed by atoms with Gasteiger partial charge in [-0.15, -0.1) is 0 Å². The molecule has 1 unspecified atom stereocenters. The first-order valence-electron chi connectivity index (χ1n) is 9.09. The molecule has 168 valence electrons. The Hall–Kier alpha value is -3.40. The molecule has 2 aromatic rings. The quantitative estimate of drug-likeness (QED) is 0.443. The zero-order chi connectivity index (χ0) is 23.0. The van der Waals surface area contributed by atoms with Gasteiger partial charge in [-0.05, 0) is 23.8 Å². The Balaban J connectivity index is 2.48. The standard InChI is InChI=1S/C21H25NO8S/c1-27-14-10-18(29-3)15(19(11-14)30-4)6-8-20(31(25)26)13-5-7-17(28-2)16(9-13)22-12-21(23)24/h5-11,20,22,31H,12H2,1-4H3,(H,23,24). The number of carboxylic acid groups (broad SMARTS) is 1. The van der Waals surface area contributed by atoms with Crippen LogP contribution in [0.1, 0.15) is 16.4 Å². The molecule has 0 saturated heterocycles. The van der Waals surface area contributed by atoms with Crippen LogP contribution >= 0.6 is 0 Å². The summed E-state index contributed by atoms with van der Waals surface area (Å²) in [7, 11) is 3.03. The molecule has 2 aromatic carbocycles. The van der Waals surface area contributed by atoms with E-state index in [0.717, 1.165) is 0 Å². The summed E-state index contributed by atoms with van der Waals surface area (Å²) in [5.74, 6) is 0.767. The van der Waals surface area contributed by atoms with Crippen LogP contribution in [-0.2, 0) is 15.5 Å². The maximum atomic E-state index is 12.0. The number of rotatable bonds is 11. The van der Waals surface area contributed by atoms with Gasteiger partial charge in [0.2, 0.25) is 0 Å². The average Bonchev–Trinajstić information content (AvgIpc) is 2.77. The summed E-state index contributed by atoms with van der Waals surface area (Å²) >= 11 is 0. The van der Waals surface area contributed by atoms with Gasteiger partial charge in [0.05, 0.1) is 39.7 Å². The molecule has 0 saturated carbocycles. The van der Waals surface area contributed by atoms with E-state index >= 15 is 0 Å². The molecule has 0 aromatic heterocycles. The summed E-state index contributed by atoms with van der Waals surface area (Å²) in [5, 5.41) is 10.6. The number of hydrogen-bond donors (Lipinski definition) is 3. The molecule has 0 fully saturated rings. The van der Waals surface area contributed by atoms with Crippen LogP contribution in [0.3, 0.4) is 0 Å². The highest BCUT2D eigenvalue weighted by Gasteiger charge is 2.16. The van der Waals surface area contributed by atoms with Crippen LogP contribution in [0.2, 0.25) is 0 Å². The van der Waals surface area contributed by atoms with Crippen LogP contribution in [-0.4, -0.2) is 54.5 Å². The van der Waals surface area contributed by atoms with Crippen LogP contribution in [0.4, 0.5) is 5.69 Å². The highest BCUT2D eigenvalue weighted by atomic mass is 32.2. The topological polar surface area (TPSA) is 120 Å². The molecule has 0 spiro atoms. The lowest BCUT2D eigenvalue weighted by Crippen LogP contribution is -2.13. The number of benzene rings is 2. The molecular weight excluding hydrogens is 426 g/mol. The first kappa shape index (κ1) is 23.9. The minimum Gasteiger partial charge on any atom is -0.496 e. The highest BCUT2D eigenvalue weighted by Crippen LogP contribution is 2.36. The third-order valence-electron chi connectivity index (χ3n) is 4.42. The highest BCUT2D eigenvalue weighted by molar-refractivity contribution is 7.73. The summed E-state index contributed by atoms with van der Waals surface area (Å²) < 4.78 is 45.3. The fourth-order valence-corrected chi connectivity index (χ4v) is 3.54. The summed E-state index contributed by atoms with van der Waals surface area (Å²) in [6.07, 6.45) is 3.10. The molecule has 0 amide bonds. The number of ether oxygens (including phenoxy) is 4. The van der Waals surface area contributed by atoms with Gasteiger partial charge in [0.1, 0.15) is 34.8 Å². The second kappa shape index (κ2) is 11.1. The van der Waals surface area contributed by atoms with Crippen LogP contribution < -0.4 is 24.3 Å². The van der Waals surface area contributed by atoms with Gasteiger partial charge in [0, 0.05) is 12.1 Å². The van der Waals surface area contributed by atoms with Gasteiger partial charge in [0.25, 0.3) is 0 Å². The minimum atomic E-state index is -2.90. The van der Waals surface area contributed by atoms with Gasteiger partial charge in [0.15, 0.2) is 10.7 Å². The van der Waals surface area contributed by atoms with Gasteiger partial charge in [-0.2, -0.15) is 0 Å². The Labute approximate surface area is 182 Å².